The minimum atomic E-state index is -3.78. The second-order valence-electron chi connectivity index (χ2n) is 5.15. The van der Waals surface area contributed by atoms with Gasteiger partial charge in [-0.15, -0.1) is 0 Å². The largest absolute Gasteiger partial charge is 0.344 e. The van der Waals surface area contributed by atoms with Gasteiger partial charge in [-0.25, -0.2) is 17.9 Å². The van der Waals surface area contributed by atoms with Crippen molar-refractivity contribution in [3.8, 4) is 0 Å². The van der Waals surface area contributed by atoms with Gasteiger partial charge < -0.3 is 10.6 Å². The van der Waals surface area contributed by atoms with Crippen LogP contribution in [0.4, 0.5) is 4.39 Å². The Hall–Kier alpha value is -2.78. The van der Waals surface area contributed by atoms with Crippen molar-refractivity contribution in [1.82, 2.24) is 10.6 Å². The quantitative estimate of drug-likeness (QED) is 0.665. The average molecular weight is 365 g/mol. The Labute approximate surface area is 144 Å². The first-order valence-electron chi connectivity index (χ1n) is 7.18. The first-order valence-corrected chi connectivity index (χ1v) is 8.73. The predicted octanol–water partition coefficient (Wildman–Crippen LogP) is 0.406. The molecule has 2 aromatic rings. The van der Waals surface area contributed by atoms with Gasteiger partial charge in [0, 0.05) is 18.7 Å². The fourth-order valence-corrected chi connectivity index (χ4v) is 2.47. The molecule has 4 N–H and O–H groups in total. The van der Waals surface area contributed by atoms with E-state index in [0.717, 1.165) is 0 Å². The number of amides is 2. The summed E-state index contributed by atoms with van der Waals surface area (Å²) in [5, 5.41) is 9.68. The Morgan fingerprint density at radius 3 is 2.04 bits per heavy atom. The number of halogens is 1. The summed E-state index contributed by atoms with van der Waals surface area (Å²) < 4.78 is 35.7. The van der Waals surface area contributed by atoms with E-state index in [1.165, 1.54) is 42.5 Å². The number of benzene rings is 2. The molecule has 25 heavy (non-hydrogen) atoms. The monoisotopic (exact) mass is 365 g/mol. The molecule has 0 atom stereocenters. The second-order valence-corrected chi connectivity index (χ2v) is 6.71. The Morgan fingerprint density at radius 2 is 1.48 bits per heavy atom. The molecule has 0 radical (unpaired) electrons. The van der Waals surface area contributed by atoms with Crippen LogP contribution in [0.3, 0.4) is 0 Å². The van der Waals surface area contributed by atoms with Crippen LogP contribution in [-0.2, 0) is 32.7 Å². The molecular formula is C16H16FN3O4S. The van der Waals surface area contributed by atoms with Gasteiger partial charge in [-0.3, -0.25) is 9.59 Å². The topological polar surface area (TPSA) is 118 Å². The Bertz CT molecular complexity index is 883. The van der Waals surface area contributed by atoms with E-state index in [9.17, 15) is 22.4 Å². The lowest BCUT2D eigenvalue weighted by atomic mass is 10.2. The van der Waals surface area contributed by atoms with Crippen molar-refractivity contribution in [2.75, 3.05) is 0 Å². The number of rotatable bonds is 5. The maximum atomic E-state index is 13.4. The standard InChI is InChI=1S/C16H16FN3O4S/c17-14-4-2-1-3-12(14)10-20-16(22)15(21)19-9-11-5-7-13(8-6-11)25(18,23)24/h1-8H,9-10H2,(H,19,21)(H,20,22)(H2,18,23,24). The third-order valence-corrected chi connectivity index (χ3v) is 4.24. The second kappa shape index (κ2) is 7.86. The number of sulfonamides is 1. The third kappa shape index (κ3) is 5.37. The first-order chi connectivity index (χ1) is 11.8. The maximum Gasteiger partial charge on any atom is 0.309 e. The van der Waals surface area contributed by atoms with Crippen molar-refractivity contribution in [3.63, 3.8) is 0 Å². The van der Waals surface area contributed by atoms with Crippen LogP contribution < -0.4 is 15.8 Å². The predicted molar refractivity (Wildman–Crippen MR) is 87.9 cm³/mol. The van der Waals surface area contributed by atoms with Gasteiger partial charge in [-0.05, 0) is 23.8 Å². The Kier molecular flexibility index (Phi) is 5.84. The average Bonchev–Trinajstić information content (AvgIpc) is 2.58. The molecule has 0 spiro atoms. The Balaban J connectivity index is 1.85. The number of carbonyl (C=O) groups excluding carboxylic acids is 2. The molecule has 0 fully saturated rings. The van der Waals surface area contributed by atoms with E-state index in [1.807, 2.05) is 0 Å². The Morgan fingerprint density at radius 1 is 0.920 bits per heavy atom. The van der Waals surface area contributed by atoms with E-state index < -0.39 is 27.7 Å². The first kappa shape index (κ1) is 18.6. The van der Waals surface area contributed by atoms with Crippen LogP contribution in [0.2, 0.25) is 0 Å². The molecule has 0 aliphatic heterocycles. The van der Waals surface area contributed by atoms with Crippen molar-refractivity contribution in [1.29, 1.82) is 0 Å². The maximum absolute atomic E-state index is 13.4. The highest BCUT2D eigenvalue weighted by molar-refractivity contribution is 7.89. The summed E-state index contributed by atoms with van der Waals surface area (Å²) >= 11 is 0. The summed E-state index contributed by atoms with van der Waals surface area (Å²) in [4.78, 5) is 23.4. The van der Waals surface area contributed by atoms with Gasteiger partial charge in [-0.1, -0.05) is 30.3 Å². The fourth-order valence-electron chi connectivity index (χ4n) is 1.96. The molecule has 7 nitrogen and oxygen atoms in total. The van der Waals surface area contributed by atoms with Crippen molar-refractivity contribution in [3.05, 3.63) is 65.5 Å². The zero-order chi connectivity index (χ0) is 18.4. The van der Waals surface area contributed by atoms with Gasteiger partial charge in [0.05, 0.1) is 4.90 Å². The number of hydrogen-bond donors (Lipinski definition) is 3. The van der Waals surface area contributed by atoms with E-state index >= 15 is 0 Å². The highest BCUT2D eigenvalue weighted by atomic mass is 32.2. The molecule has 9 heteroatoms. The summed E-state index contributed by atoms with van der Waals surface area (Å²) in [5.41, 5.74) is 0.852. The molecular weight excluding hydrogens is 349 g/mol. The third-order valence-electron chi connectivity index (χ3n) is 3.31. The molecule has 2 amide bonds. The lowest BCUT2D eigenvalue weighted by Gasteiger charge is -2.08. The number of nitrogens with one attached hydrogen (secondary N) is 2. The van der Waals surface area contributed by atoms with E-state index in [0.29, 0.717) is 5.56 Å². The van der Waals surface area contributed by atoms with Gasteiger partial charge in [0.15, 0.2) is 0 Å². The molecule has 0 bridgehead atoms. The summed E-state index contributed by atoms with van der Waals surface area (Å²) in [6.45, 7) is -0.0845. The molecule has 2 aromatic carbocycles. The lowest BCUT2D eigenvalue weighted by Crippen LogP contribution is -2.39. The minimum absolute atomic E-state index is 0.0247. The number of nitrogens with two attached hydrogens (primary N) is 1. The zero-order valence-corrected chi connectivity index (χ0v) is 13.8. The van der Waals surface area contributed by atoms with Crippen LogP contribution in [0, 0.1) is 5.82 Å². The number of hydrogen-bond acceptors (Lipinski definition) is 4. The molecule has 2 rings (SSSR count). The minimum Gasteiger partial charge on any atom is -0.344 e. The van der Waals surface area contributed by atoms with Crippen LogP contribution in [-0.4, -0.2) is 20.2 Å². The van der Waals surface area contributed by atoms with Crippen molar-refractivity contribution in [2.45, 2.75) is 18.0 Å². The zero-order valence-electron chi connectivity index (χ0n) is 13.0. The van der Waals surface area contributed by atoms with E-state index in [4.69, 9.17) is 5.14 Å². The number of primary sulfonamides is 1. The summed E-state index contributed by atoms with van der Waals surface area (Å²) in [6.07, 6.45) is 0. The van der Waals surface area contributed by atoms with E-state index in [-0.39, 0.29) is 23.5 Å². The van der Waals surface area contributed by atoms with Crippen molar-refractivity contribution < 1.29 is 22.4 Å². The SMILES string of the molecule is NS(=O)(=O)c1ccc(CNC(=O)C(=O)NCc2ccccc2F)cc1. The summed E-state index contributed by atoms with van der Waals surface area (Å²) in [5.74, 6) is -2.26. The summed E-state index contributed by atoms with van der Waals surface area (Å²) in [7, 11) is -3.78. The van der Waals surface area contributed by atoms with Crippen LogP contribution in [0.1, 0.15) is 11.1 Å². The van der Waals surface area contributed by atoms with Crippen molar-refractivity contribution >= 4 is 21.8 Å². The highest BCUT2D eigenvalue weighted by Crippen LogP contribution is 2.08. The van der Waals surface area contributed by atoms with Gasteiger partial charge >= 0.3 is 11.8 Å². The van der Waals surface area contributed by atoms with E-state index in [1.54, 1.807) is 6.07 Å². The molecule has 0 aliphatic rings. The molecule has 0 unspecified atom stereocenters. The molecule has 0 saturated heterocycles. The lowest BCUT2D eigenvalue weighted by molar-refractivity contribution is -0.139. The molecule has 132 valence electrons. The van der Waals surface area contributed by atoms with Gasteiger partial charge in [0.2, 0.25) is 10.0 Å². The molecule has 0 aromatic heterocycles. The summed E-state index contributed by atoms with van der Waals surface area (Å²) in [6, 6.07) is 11.4. The van der Waals surface area contributed by atoms with Gasteiger partial charge in [0.1, 0.15) is 5.82 Å². The van der Waals surface area contributed by atoms with Crippen LogP contribution >= 0.6 is 0 Å². The van der Waals surface area contributed by atoms with Crippen LogP contribution in [0.15, 0.2) is 53.4 Å². The van der Waals surface area contributed by atoms with Crippen molar-refractivity contribution in [2.24, 2.45) is 5.14 Å². The van der Waals surface area contributed by atoms with Gasteiger partial charge in [-0.2, -0.15) is 0 Å². The van der Waals surface area contributed by atoms with E-state index in [2.05, 4.69) is 10.6 Å². The molecule has 0 saturated carbocycles. The molecule has 0 heterocycles. The fraction of sp³-hybridized carbons (Fsp3) is 0.125. The highest BCUT2D eigenvalue weighted by Gasteiger charge is 2.14. The van der Waals surface area contributed by atoms with Crippen LogP contribution in [0.5, 0.6) is 0 Å². The number of carbonyl (C=O) groups is 2. The molecule has 0 aliphatic carbocycles. The smallest absolute Gasteiger partial charge is 0.309 e. The normalized spacial score (nSPS) is 11.0. The van der Waals surface area contributed by atoms with Crippen LogP contribution in [0.25, 0.3) is 0 Å². The van der Waals surface area contributed by atoms with Gasteiger partial charge in [0.25, 0.3) is 0 Å².